The van der Waals surface area contributed by atoms with Crippen molar-refractivity contribution in [3.8, 4) is 11.8 Å². The van der Waals surface area contributed by atoms with Crippen LogP contribution in [0.3, 0.4) is 0 Å². The summed E-state index contributed by atoms with van der Waals surface area (Å²) in [6.07, 6.45) is 7.04. The van der Waals surface area contributed by atoms with Gasteiger partial charge in [0.1, 0.15) is 11.4 Å². The number of hydrogen-bond donors (Lipinski definition) is 2. The molecule has 5 rings (SSSR count). The second-order valence-electron chi connectivity index (χ2n) is 8.39. The maximum Gasteiger partial charge on any atom is 0.141 e. The van der Waals surface area contributed by atoms with E-state index in [1.54, 1.807) is 0 Å². The van der Waals surface area contributed by atoms with Crippen LogP contribution in [0.15, 0.2) is 42.6 Å². The molecule has 152 valence electrons. The van der Waals surface area contributed by atoms with Crippen molar-refractivity contribution in [1.82, 2.24) is 9.88 Å². The molecule has 0 radical (unpaired) electrons. The molecule has 1 atom stereocenters. The van der Waals surface area contributed by atoms with Crippen LogP contribution >= 0.6 is 0 Å². The van der Waals surface area contributed by atoms with Crippen molar-refractivity contribution in [2.24, 2.45) is 5.92 Å². The molecule has 0 saturated carbocycles. The Bertz CT molecular complexity index is 878. The Hall–Kier alpha value is -2.35. The lowest BCUT2D eigenvalue weighted by Crippen LogP contribution is -2.58. The molecule has 3 aliphatic heterocycles. The average Bonchev–Trinajstić information content (AvgIpc) is 2.75. The minimum absolute atomic E-state index is 0.292. The number of unbranched alkanes of at least 4 members (excludes halogenated alkanes) is 1. The molecular formula is C25H31N3O. The number of aromatic nitrogens is 1. The smallest absolute Gasteiger partial charge is 0.141 e. The number of rotatable bonds is 6. The Balaban J connectivity index is 1.60. The fourth-order valence-corrected chi connectivity index (χ4v) is 4.42. The molecule has 1 aromatic carbocycles. The third-order valence-electron chi connectivity index (χ3n) is 6.20. The van der Waals surface area contributed by atoms with Crippen molar-refractivity contribution in [2.75, 3.05) is 31.5 Å². The third kappa shape index (κ3) is 4.80. The van der Waals surface area contributed by atoms with Crippen molar-refractivity contribution >= 4 is 5.82 Å². The van der Waals surface area contributed by atoms with Gasteiger partial charge in [-0.2, -0.15) is 0 Å². The van der Waals surface area contributed by atoms with E-state index in [-0.39, 0.29) is 0 Å². The molecule has 2 bridgehead atoms. The van der Waals surface area contributed by atoms with E-state index in [9.17, 15) is 5.11 Å². The molecule has 1 aromatic heterocycles. The van der Waals surface area contributed by atoms with Gasteiger partial charge in [0.15, 0.2) is 0 Å². The van der Waals surface area contributed by atoms with Gasteiger partial charge in [0, 0.05) is 30.8 Å². The molecule has 3 saturated heterocycles. The monoisotopic (exact) mass is 389 g/mol. The van der Waals surface area contributed by atoms with Gasteiger partial charge < -0.3 is 10.4 Å². The summed E-state index contributed by atoms with van der Waals surface area (Å²) in [4.78, 5) is 6.91. The van der Waals surface area contributed by atoms with Gasteiger partial charge in [0.2, 0.25) is 0 Å². The normalized spacial score (nSPS) is 25.3. The van der Waals surface area contributed by atoms with E-state index in [0.717, 1.165) is 68.7 Å². The quantitative estimate of drug-likeness (QED) is 0.584. The molecule has 0 amide bonds. The average molecular weight is 390 g/mol. The van der Waals surface area contributed by atoms with E-state index in [1.165, 1.54) is 5.56 Å². The van der Waals surface area contributed by atoms with Crippen LogP contribution in [0.5, 0.6) is 0 Å². The first kappa shape index (κ1) is 19.9. The van der Waals surface area contributed by atoms with Gasteiger partial charge in [-0.1, -0.05) is 55.5 Å². The molecular weight excluding hydrogens is 358 g/mol. The van der Waals surface area contributed by atoms with Gasteiger partial charge in [-0.05, 0) is 56.0 Å². The van der Waals surface area contributed by atoms with Gasteiger partial charge in [0.05, 0.1) is 0 Å². The fourth-order valence-electron chi connectivity index (χ4n) is 4.42. The van der Waals surface area contributed by atoms with Crippen LogP contribution in [0.4, 0.5) is 5.82 Å². The Morgan fingerprint density at radius 2 is 2.03 bits per heavy atom. The fraction of sp³-hybridized carbons (Fsp3) is 0.480. The minimum Gasteiger partial charge on any atom is -0.376 e. The van der Waals surface area contributed by atoms with Crippen molar-refractivity contribution < 1.29 is 5.11 Å². The van der Waals surface area contributed by atoms with Crippen LogP contribution in [-0.4, -0.2) is 46.8 Å². The topological polar surface area (TPSA) is 48.4 Å². The zero-order valence-electron chi connectivity index (χ0n) is 17.3. The molecule has 2 N–H and O–H groups in total. The van der Waals surface area contributed by atoms with Crippen LogP contribution in [0, 0.1) is 17.8 Å². The first-order valence-electron chi connectivity index (χ1n) is 10.9. The summed E-state index contributed by atoms with van der Waals surface area (Å²) in [5, 5.41) is 14.6. The SMILES string of the molecule is CCCCNc1cc(Cc2ccccc2)c(C#CC2(O)CN3CCC2CC3)cn1. The first-order chi connectivity index (χ1) is 14.2. The molecule has 4 nitrogen and oxygen atoms in total. The largest absolute Gasteiger partial charge is 0.376 e. The molecule has 0 spiro atoms. The van der Waals surface area contributed by atoms with Gasteiger partial charge in [-0.3, -0.25) is 4.90 Å². The lowest BCUT2D eigenvalue weighted by molar-refractivity contribution is -0.0713. The second kappa shape index (κ2) is 8.98. The Kier molecular flexibility index (Phi) is 6.18. The maximum absolute atomic E-state index is 11.2. The molecule has 3 aliphatic rings. The second-order valence-corrected chi connectivity index (χ2v) is 8.39. The lowest BCUT2D eigenvalue weighted by atomic mass is 9.75. The number of pyridine rings is 1. The first-order valence-corrected chi connectivity index (χ1v) is 10.9. The zero-order chi connectivity index (χ0) is 20.1. The highest BCUT2D eigenvalue weighted by Crippen LogP contribution is 2.35. The van der Waals surface area contributed by atoms with E-state index in [0.29, 0.717) is 12.5 Å². The molecule has 0 aliphatic carbocycles. The van der Waals surface area contributed by atoms with Gasteiger partial charge >= 0.3 is 0 Å². The summed E-state index contributed by atoms with van der Waals surface area (Å²) in [6, 6.07) is 12.6. The maximum atomic E-state index is 11.2. The van der Waals surface area contributed by atoms with Crippen LogP contribution in [0.1, 0.15) is 49.3 Å². The zero-order valence-corrected chi connectivity index (χ0v) is 17.3. The Morgan fingerprint density at radius 3 is 2.72 bits per heavy atom. The Morgan fingerprint density at radius 1 is 1.24 bits per heavy atom. The predicted molar refractivity (Wildman–Crippen MR) is 118 cm³/mol. The molecule has 3 fully saturated rings. The molecule has 29 heavy (non-hydrogen) atoms. The number of nitrogens with one attached hydrogen (secondary N) is 1. The van der Waals surface area contributed by atoms with E-state index >= 15 is 0 Å². The summed E-state index contributed by atoms with van der Waals surface area (Å²) in [6.45, 7) is 5.97. The van der Waals surface area contributed by atoms with Gasteiger partial charge in [-0.15, -0.1) is 0 Å². The summed E-state index contributed by atoms with van der Waals surface area (Å²) >= 11 is 0. The standard InChI is InChI=1S/C25H31N3O/c1-2-3-13-26-24-17-22(16-20-7-5-4-6-8-20)21(18-27-24)9-12-25(29)19-28-14-10-23(25)11-15-28/h4-8,17-18,23,29H,2-3,10-11,13-16,19H2,1H3,(H,26,27). The molecule has 1 unspecified atom stereocenters. The van der Waals surface area contributed by atoms with Crippen molar-refractivity contribution in [2.45, 2.75) is 44.6 Å². The minimum atomic E-state index is -0.890. The van der Waals surface area contributed by atoms with E-state index < -0.39 is 5.60 Å². The summed E-state index contributed by atoms with van der Waals surface area (Å²) in [7, 11) is 0. The molecule has 2 aromatic rings. The number of nitrogens with zero attached hydrogens (tertiary/aromatic N) is 2. The van der Waals surface area contributed by atoms with Crippen molar-refractivity contribution in [3.63, 3.8) is 0 Å². The number of aliphatic hydroxyl groups is 1. The predicted octanol–water partition coefficient (Wildman–Crippen LogP) is 3.69. The van der Waals surface area contributed by atoms with E-state index in [2.05, 4.69) is 64.3 Å². The number of piperidine rings is 3. The van der Waals surface area contributed by atoms with Crippen LogP contribution < -0.4 is 5.32 Å². The van der Waals surface area contributed by atoms with E-state index in [4.69, 9.17) is 0 Å². The van der Waals surface area contributed by atoms with Crippen molar-refractivity contribution in [1.29, 1.82) is 0 Å². The van der Waals surface area contributed by atoms with Gasteiger partial charge in [0.25, 0.3) is 0 Å². The van der Waals surface area contributed by atoms with Crippen LogP contribution in [-0.2, 0) is 6.42 Å². The number of fused-ring (bicyclic) bond motifs is 3. The molecule has 4 heterocycles. The van der Waals surface area contributed by atoms with Gasteiger partial charge in [-0.25, -0.2) is 4.98 Å². The van der Waals surface area contributed by atoms with Crippen LogP contribution in [0.2, 0.25) is 0 Å². The summed E-state index contributed by atoms with van der Waals surface area (Å²) < 4.78 is 0. The third-order valence-corrected chi connectivity index (χ3v) is 6.20. The Labute approximate surface area is 174 Å². The highest BCUT2D eigenvalue weighted by Gasteiger charge is 2.44. The van der Waals surface area contributed by atoms with Crippen molar-refractivity contribution in [3.05, 3.63) is 59.3 Å². The highest BCUT2D eigenvalue weighted by atomic mass is 16.3. The highest BCUT2D eigenvalue weighted by molar-refractivity contribution is 5.50. The molecule has 4 heteroatoms. The van der Waals surface area contributed by atoms with Crippen LogP contribution in [0.25, 0.3) is 0 Å². The summed E-state index contributed by atoms with van der Waals surface area (Å²) in [5.74, 6) is 7.74. The number of anilines is 1. The summed E-state index contributed by atoms with van der Waals surface area (Å²) in [5.41, 5.74) is 2.43. The van der Waals surface area contributed by atoms with E-state index in [1.807, 2.05) is 12.3 Å². The number of hydrogen-bond acceptors (Lipinski definition) is 4. The number of benzene rings is 1. The lowest BCUT2D eigenvalue weighted by Gasteiger charge is -2.47.